The van der Waals surface area contributed by atoms with E-state index >= 15 is 0 Å². The first kappa shape index (κ1) is 25.7. The molecule has 0 aromatic heterocycles. The number of rotatable bonds is 8. The van der Waals surface area contributed by atoms with E-state index in [4.69, 9.17) is 4.74 Å². The monoisotopic (exact) mass is 474 g/mol. The molecule has 1 aliphatic carbocycles. The third-order valence-electron chi connectivity index (χ3n) is 4.53. The van der Waals surface area contributed by atoms with E-state index < -0.39 is 66.1 Å². The van der Waals surface area contributed by atoms with Crippen LogP contribution in [0.15, 0.2) is 12.7 Å². The molecule has 1 aliphatic rings. The zero-order valence-corrected chi connectivity index (χ0v) is 16.6. The summed E-state index contributed by atoms with van der Waals surface area (Å²) in [5, 5.41) is 0. The molecule has 14 heteroatoms. The normalized spacial score (nSPS) is 18.4. The number of carbonyl (C=O) groups is 1. The molecule has 29 heavy (non-hydrogen) atoms. The van der Waals surface area contributed by atoms with E-state index in [1.54, 1.807) is 0 Å². The van der Waals surface area contributed by atoms with Gasteiger partial charge in [0.1, 0.15) is 6.10 Å². The van der Waals surface area contributed by atoms with Crippen molar-refractivity contribution in [2.45, 2.75) is 66.6 Å². The third kappa shape index (κ3) is 6.09. The minimum atomic E-state index is -6.78. The van der Waals surface area contributed by atoms with E-state index in [1.807, 2.05) is 0 Å². The Bertz CT molecular complexity index is 750. The number of hydrogen-bond acceptors (Lipinski definition) is 6. The van der Waals surface area contributed by atoms with Gasteiger partial charge in [-0.3, -0.25) is 4.79 Å². The van der Waals surface area contributed by atoms with Crippen LogP contribution in [0.5, 0.6) is 0 Å². The molecule has 0 radical (unpaired) electrons. The number of sulfone groups is 2. The standard InChI is InChI=1S/C15H20F6O6S2/c1-2-6-12(22)27-11(10-7-4-3-5-8-10)9-13(28(23,24)14(16,17)18)29(25,26)15(19,20)21/h2,10-11,13H,1,3-9H2. The molecule has 0 saturated heterocycles. The summed E-state index contributed by atoms with van der Waals surface area (Å²) in [6, 6.07) is 0. The van der Waals surface area contributed by atoms with E-state index in [-0.39, 0.29) is 12.8 Å². The SMILES string of the molecule is C=CCC(=O)OC(CC(S(=O)(=O)C(F)(F)F)S(=O)(=O)C(F)(F)F)C1CCCCC1. The van der Waals surface area contributed by atoms with Crippen molar-refractivity contribution in [1.29, 1.82) is 0 Å². The average molecular weight is 474 g/mol. The van der Waals surface area contributed by atoms with Crippen LogP contribution in [0.2, 0.25) is 0 Å². The first-order valence-electron chi connectivity index (χ1n) is 8.46. The highest BCUT2D eigenvalue weighted by molar-refractivity contribution is 8.09. The molecule has 1 fully saturated rings. The van der Waals surface area contributed by atoms with Gasteiger partial charge in [-0.25, -0.2) is 16.8 Å². The Morgan fingerprint density at radius 3 is 1.79 bits per heavy atom. The highest BCUT2D eigenvalue weighted by atomic mass is 32.3. The molecule has 0 aromatic rings. The summed E-state index contributed by atoms with van der Waals surface area (Å²) >= 11 is 0. The van der Waals surface area contributed by atoms with Crippen LogP contribution in [0.25, 0.3) is 0 Å². The fourth-order valence-electron chi connectivity index (χ4n) is 3.09. The predicted molar refractivity (Wildman–Crippen MR) is 89.6 cm³/mol. The van der Waals surface area contributed by atoms with E-state index in [2.05, 4.69) is 6.58 Å². The minimum Gasteiger partial charge on any atom is -0.462 e. The summed E-state index contributed by atoms with van der Waals surface area (Å²) < 4.78 is 126. The van der Waals surface area contributed by atoms with Gasteiger partial charge in [0.2, 0.25) is 0 Å². The van der Waals surface area contributed by atoms with Crippen molar-refractivity contribution in [2.75, 3.05) is 0 Å². The molecule has 0 N–H and O–H groups in total. The van der Waals surface area contributed by atoms with Gasteiger partial charge < -0.3 is 4.74 Å². The van der Waals surface area contributed by atoms with Gasteiger partial charge in [0.05, 0.1) is 6.42 Å². The average Bonchev–Trinajstić information content (AvgIpc) is 2.57. The van der Waals surface area contributed by atoms with Gasteiger partial charge >= 0.3 is 17.0 Å². The van der Waals surface area contributed by atoms with Crippen molar-refractivity contribution >= 4 is 25.6 Å². The molecule has 1 rings (SSSR count). The fraction of sp³-hybridized carbons (Fsp3) is 0.800. The van der Waals surface area contributed by atoms with Crippen molar-refractivity contribution in [3.8, 4) is 0 Å². The number of ether oxygens (including phenoxy) is 1. The Labute approximate surface area is 164 Å². The van der Waals surface area contributed by atoms with Gasteiger partial charge in [-0.1, -0.05) is 25.3 Å². The van der Waals surface area contributed by atoms with Gasteiger partial charge in [-0.05, 0) is 18.8 Å². The van der Waals surface area contributed by atoms with E-state index in [0.717, 1.165) is 12.5 Å². The summed E-state index contributed by atoms with van der Waals surface area (Å²) in [7, 11) is -13.6. The number of alkyl halides is 6. The highest BCUT2D eigenvalue weighted by Gasteiger charge is 2.63. The van der Waals surface area contributed by atoms with Gasteiger partial charge in [-0.15, -0.1) is 6.58 Å². The zero-order valence-electron chi connectivity index (χ0n) is 15.0. The summed E-state index contributed by atoms with van der Waals surface area (Å²) in [5.74, 6) is -1.84. The molecule has 6 nitrogen and oxygen atoms in total. The fourth-order valence-corrected chi connectivity index (χ4v) is 6.56. The van der Waals surface area contributed by atoms with Crippen molar-refractivity contribution in [3.05, 3.63) is 12.7 Å². The van der Waals surface area contributed by atoms with Crippen LogP contribution < -0.4 is 0 Å². The molecule has 0 spiro atoms. The second-order valence-corrected chi connectivity index (χ2v) is 11.1. The molecule has 1 saturated carbocycles. The maximum Gasteiger partial charge on any atom is 0.498 e. The molecule has 170 valence electrons. The number of halogens is 6. The summed E-state index contributed by atoms with van der Waals surface area (Å²) in [6.45, 7) is 3.23. The molecular weight excluding hydrogens is 454 g/mol. The number of carbonyl (C=O) groups excluding carboxylic acids is 1. The van der Waals surface area contributed by atoms with Crippen LogP contribution in [0.1, 0.15) is 44.9 Å². The molecular formula is C15H20F6O6S2. The topological polar surface area (TPSA) is 94.6 Å². The van der Waals surface area contributed by atoms with E-state index in [9.17, 15) is 48.0 Å². The molecule has 0 heterocycles. The number of esters is 1. The number of hydrogen-bond donors (Lipinski definition) is 0. The lowest BCUT2D eigenvalue weighted by atomic mass is 9.84. The van der Waals surface area contributed by atoms with Crippen LogP contribution >= 0.6 is 0 Å². The first-order chi connectivity index (χ1) is 13.1. The van der Waals surface area contributed by atoms with Crippen LogP contribution in [-0.2, 0) is 29.2 Å². The Morgan fingerprint density at radius 2 is 1.41 bits per heavy atom. The molecule has 1 atom stereocenters. The lowest BCUT2D eigenvalue weighted by Crippen LogP contribution is -2.47. The van der Waals surface area contributed by atoms with Crippen molar-refractivity contribution < 1.29 is 52.7 Å². The van der Waals surface area contributed by atoms with Gasteiger partial charge in [0, 0.05) is 6.42 Å². The minimum absolute atomic E-state index is 0.233. The lowest BCUT2D eigenvalue weighted by Gasteiger charge is -2.32. The van der Waals surface area contributed by atoms with Crippen molar-refractivity contribution in [3.63, 3.8) is 0 Å². The van der Waals surface area contributed by atoms with Crippen LogP contribution in [0.4, 0.5) is 26.3 Å². The predicted octanol–water partition coefficient (Wildman–Crippen LogP) is 3.64. The summed E-state index contributed by atoms with van der Waals surface area (Å²) in [5.41, 5.74) is -12.5. The summed E-state index contributed by atoms with van der Waals surface area (Å²) in [6.07, 6.45) is -0.573. The van der Waals surface area contributed by atoms with Crippen LogP contribution in [0, 0.1) is 5.92 Å². The smallest absolute Gasteiger partial charge is 0.462 e. The Morgan fingerprint density at radius 1 is 0.966 bits per heavy atom. The molecule has 0 bridgehead atoms. The quantitative estimate of drug-likeness (QED) is 0.303. The second-order valence-electron chi connectivity index (χ2n) is 6.57. The lowest BCUT2D eigenvalue weighted by molar-refractivity contribution is -0.151. The Balaban J connectivity index is 3.43. The highest BCUT2D eigenvalue weighted by Crippen LogP contribution is 2.40. The second kappa shape index (κ2) is 9.23. The largest absolute Gasteiger partial charge is 0.498 e. The van der Waals surface area contributed by atoms with Crippen molar-refractivity contribution in [2.24, 2.45) is 5.92 Å². The molecule has 1 unspecified atom stereocenters. The zero-order chi connectivity index (χ0) is 22.7. The van der Waals surface area contributed by atoms with Crippen LogP contribution in [0.3, 0.4) is 0 Å². The van der Waals surface area contributed by atoms with Gasteiger partial charge in [0.25, 0.3) is 19.7 Å². The Kier molecular flexibility index (Phi) is 8.19. The molecule has 0 aromatic carbocycles. The van der Waals surface area contributed by atoms with E-state index in [1.165, 1.54) is 0 Å². The Hall–Kier alpha value is -1.31. The molecule has 0 amide bonds. The third-order valence-corrected chi connectivity index (χ3v) is 9.11. The van der Waals surface area contributed by atoms with Crippen LogP contribution in [-0.4, -0.2) is 44.5 Å². The maximum absolute atomic E-state index is 12.9. The van der Waals surface area contributed by atoms with Crippen molar-refractivity contribution in [1.82, 2.24) is 0 Å². The maximum atomic E-state index is 12.9. The summed E-state index contributed by atoms with van der Waals surface area (Å²) in [4.78, 5) is 11.7. The van der Waals surface area contributed by atoms with E-state index in [0.29, 0.717) is 12.8 Å². The first-order valence-corrected chi connectivity index (χ1v) is 11.6. The van der Waals surface area contributed by atoms with Gasteiger partial charge in [0.15, 0.2) is 4.58 Å². The van der Waals surface area contributed by atoms with Gasteiger partial charge in [-0.2, -0.15) is 26.3 Å². The molecule has 0 aliphatic heterocycles.